The minimum absolute atomic E-state index is 0.789. The van der Waals surface area contributed by atoms with Crippen molar-refractivity contribution in [3.05, 3.63) is 35.4 Å². The van der Waals surface area contributed by atoms with Gasteiger partial charge in [0.25, 0.3) is 0 Å². The molecule has 0 spiro atoms. The second kappa shape index (κ2) is 2.85. The Kier molecular flexibility index (Phi) is 1.59. The van der Waals surface area contributed by atoms with Gasteiger partial charge >= 0.3 is 0 Å². The van der Waals surface area contributed by atoms with Crippen molar-refractivity contribution in [2.75, 3.05) is 0 Å². The average molecular weight is 199 g/mol. The van der Waals surface area contributed by atoms with Gasteiger partial charge in [0.05, 0.1) is 0 Å². The van der Waals surface area contributed by atoms with Gasteiger partial charge in [-0.05, 0) is 48.6 Å². The van der Waals surface area contributed by atoms with Crippen LogP contribution in [0.4, 0.5) is 0 Å². The minimum atomic E-state index is 0.789. The fourth-order valence-electron chi connectivity index (χ4n) is 4.14. The van der Waals surface area contributed by atoms with Gasteiger partial charge in [-0.15, -0.1) is 0 Å². The van der Waals surface area contributed by atoms with E-state index in [1.165, 1.54) is 25.7 Å². The van der Waals surface area contributed by atoms with Gasteiger partial charge in [0.15, 0.2) is 0 Å². The van der Waals surface area contributed by atoms with E-state index in [4.69, 9.17) is 0 Å². The second-order valence-corrected chi connectivity index (χ2v) is 5.46. The zero-order chi connectivity index (χ0) is 9.83. The van der Waals surface area contributed by atoms with Crippen molar-refractivity contribution in [2.24, 2.45) is 5.92 Å². The van der Waals surface area contributed by atoms with Crippen molar-refractivity contribution in [3.63, 3.8) is 0 Å². The lowest BCUT2D eigenvalue weighted by Crippen LogP contribution is -2.58. The highest BCUT2D eigenvalue weighted by Crippen LogP contribution is 2.48. The summed E-state index contributed by atoms with van der Waals surface area (Å²) in [7, 11) is 0. The molecule has 1 nitrogen and oxygen atoms in total. The highest BCUT2D eigenvalue weighted by molar-refractivity contribution is 5.37. The van der Waals surface area contributed by atoms with Crippen molar-refractivity contribution in [3.8, 4) is 0 Å². The molecule has 2 saturated heterocycles. The fourth-order valence-corrected chi connectivity index (χ4v) is 4.14. The smallest absolute Gasteiger partial charge is 0.0144 e. The molecular formula is C14H17N. The summed E-state index contributed by atoms with van der Waals surface area (Å²) in [5.41, 5.74) is 3.28. The summed E-state index contributed by atoms with van der Waals surface area (Å²) in [6.07, 6.45) is 5.53. The summed E-state index contributed by atoms with van der Waals surface area (Å²) in [5, 5.41) is 3.83. The molecule has 1 N–H and O–H groups in total. The first-order valence-corrected chi connectivity index (χ1v) is 6.25. The third kappa shape index (κ3) is 1.07. The number of fused-ring (bicyclic) bond motifs is 2. The third-order valence-corrected chi connectivity index (χ3v) is 4.76. The molecule has 1 aromatic rings. The first-order valence-electron chi connectivity index (χ1n) is 6.25. The minimum Gasteiger partial charge on any atom is -0.311 e. The summed E-state index contributed by atoms with van der Waals surface area (Å²) in [6, 6.07) is 10.7. The molecule has 1 heteroatoms. The molecular weight excluding hydrogens is 182 g/mol. The standard InChI is InChI=1S/C14H17N/c1-2-4-11-9(3-1)7-14-12-6-5-10(15-14)8-13(11)12/h1-4,10,12-15H,5-8H2. The Hall–Kier alpha value is -0.820. The van der Waals surface area contributed by atoms with E-state index >= 15 is 0 Å². The highest BCUT2D eigenvalue weighted by atomic mass is 15.0. The number of nitrogens with one attached hydrogen (secondary N) is 1. The van der Waals surface area contributed by atoms with E-state index in [2.05, 4.69) is 29.6 Å². The maximum Gasteiger partial charge on any atom is 0.0144 e. The highest BCUT2D eigenvalue weighted by Gasteiger charge is 2.45. The van der Waals surface area contributed by atoms with Gasteiger partial charge in [0.2, 0.25) is 0 Å². The van der Waals surface area contributed by atoms with Crippen molar-refractivity contribution >= 4 is 0 Å². The van der Waals surface area contributed by atoms with Crippen LogP contribution in [0, 0.1) is 5.92 Å². The molecule has 0 amide bonds. The Morgan fingerprint density at radius 3 is 3.00 bits per heavy atom. The summed E-state index contributed by atoms with van der Waals surface area (Å²) in [5.74, 6) is 1.81. The molecule has 4 bridgehead atoms. The first kappa shape index (κ1) is 8.35. The van der Waals surface area contributed by atoms with E-state index in [0.717, 1.165) is 23.9 Å². The molecule has 2 aliphatic heterocycles. The van der Waals surface area contributed by atoms with Crippen LogP contribution < -0.4 is 5.32 Å². The van der Waals surface area contributed by atoms with Gasteiger partial charge < -0.3 is 5.32 Å². The second-order valence-electron chi connectivity index (χ2n) is 5.46. The van der Waals surface area contributed by atoms with E-state index in [9.17, 15) is 0 Å². The molecule has 2 aliphatic carbocycles. The number of rotatable bonds is 0. The van der Waals surface area contributed by atoms with Crippen LogP contribution in [0.1, 0.15) is 36.3 Å². The Bertz CT molecular complexity index is 398. The quantitative estimate of drug-likeness (QED) is 0.677. The van der Waals surface area contributed by atoms with Crippen LogP contribution in [0.2, 0.25) is 0 Å². The molecule has 4 aliphatic rings. The number of hydrogen-bond acceptors (Lipinski definition) is 1. The molecule has 1 saturated carbocycles. The topological polar surface area (TPSA) is 12.0 Å². The Morgan fingerprint density at radius 1 is 1.13 bits per heavy atom. The Labute approximate surface area is 90.9 Å². The summed E-state index contributed by atoms with van der Waals surface area (Å²) >= 11 is 0. The Morgan fingerprint density at radius 2 is 2.07 bits per heavy atom. The van der Waals surface area contributed by atoms with Crippen molar-refractivity contribution in [1.82, 2.24) is 5.32 Å². The maximum atomic E-state index is 3.83. The number of benzene rings is 1. The van der Waals surface area contributed by atoms with Gasteiger partial charge in [-0.25, -0.2) is 0 Å². The van der Waals surface area contributed by atoms with Crippen molar-refractivity contribution < 1.29 is 0 Å². The largest absolute Gasteiger partial charge is 0.311 e. The fraction of sp³-hybridized carbons (Fsp3) is 0.571. The average Bonchev–Trinajstić information content (AvgIpc) is 2.29. The summed E-state index contributed by atoms with van der Waals surface area (Å²) < 4.78 is 0. The van der Waals surface area contributed by atoms with Crippen LogP contribution >= 0.6 is 0 Å². The van der Waals surface area contributed by atoms with E-state index in [1.807, 2.05) is 0 Å². The van der Waals surface area contributed by atoms with Gasteiger partial charge in [0, 0.05) is 12.1 Å². The zero-order valence-corrected chi connectivity index (χ0v) is 8.95. The molecule has 4 atom stereocenters. The normalized spacial score (nSPS) is 41.3. The Balaban J connectivity index is 1.85. The maximum absolute atomic E-state index is 3.83. The summed E-state index contributed by atoms with van der Waals surface area (Å²) in [4.78, 5) is 0. The molecule has 4 unspecified atom stereocenters. The molecule has 5 rings (SSSR count). The lowest BCUT2D eigenvalue weighted by atomic mass is 9.61. The van der Waals surface area contributed by atoms with Crippen LogP contribution in [0.15, 0.2) is 24.3 Å². The number of hydrogen-bond donors (Lipinski definition) is 1. The van der Waals surface area contributed by atoms with Crippen LogP contribution in [-0.4, -0.2) is 12.1 Å². The number of piperidine rings is 2. The van der Waals surface area contributed by atoms with Gasteiger partial charge in [-0.1, -0.05) is 24.3 Å². The van der Waals surface area contributed by atoms with E-state index in [1.54, 1.807) is 11.1 Å². The molecule has 3 fully saturated rings. The van der Waals surface area contributed by atoms with E-state index in [-0.39, 0.29) is 0 Å². The van der Waals surface area contributed by atoms with Gasteiger partial charge in [0.1, 0.15) is 0 Å². The first-order chi connectivity index (χ1) is 7.42. The third-order valence-electron chi connectivity index (χ3n) is 4.76. The molecule has 0 aromatic heterocycles. The summed E-state index contributed by atoms with van der Waals surface area (Å²) in [6.45, 7) is 0. The molecule has 1 aromatic carbocycles. The van der Waals surface area contributed by atoms with Crippen molar-refractivity contribution in [2.45, 2.75) is 43.7 Å². The van der Waals surface area contributed by atoms with Gasteiger partial charge in [-0.2, -0.15) is 0 Å². The predicted molar refractivity (Wildman–Crippen MR) is 60.9 cm³/mol. The van der Waals surface area contributed by atoms with Gasteiger partial charge in [-0.3, -0.25) is 0 Å². The van der Waals surface area contributed by atoms with Crippen LogP contribution in [0.25, 0.3) is 0 Å². The van der Waals surface area contributed by atoms with E-state index < -0.39 is 0 Å². The lowest BCUT2D eigenvalue weighted by Gasteiger charge is -2.52. The molecule has 78 valence electrons. The zero-order valence-electron chi connectivity index (χ0n) is 8.95. The van der Waals surface area contributed by atoms with E-state index in [0.29, 0.717) is 0 Å². The lowest BCUT2D eigenvalue weighted by molar-refractivity contribution is 0.109. The van der Waals surface area contributed by atoms with Crippen LogP contribution in [-0.2, 0) is 6.42 Å². The molecule has 2 heterocycles. The molecule has 0 radical (unpaired) electrons. The van der Waals surface area contributed by atoms with Crippen molar-refractivity contribution in [1.29, 1.82) is 0 Å². The predicted octanol–water partition coefficient (Wildman–Crippen LogP) is 2.47. The van der Waals surface area contributed by atoms with Crippen LogP contribution in [0.5, 0.6) is 0 Å². The monoisotopic (exact) mass is 199 g/mol. The van der Waals surface area contributed by atoms with Crippen LogP contribution in [0.3, 0.4) is 0 Å². The molecule has 15 heavy (non-hydrogen) atoms. The SMILES string of the molecule is c1ccc2c(c1)CC1NC3CCC1C2C3.